The Bertz CT molecular complexity index is 766. The van der Waals surface area contributed by atoms with Crippen LogP contribution in [0.15, 0.2) is 47.4 Å². The molecule has 0 radical (unpaired) electrons. The zero-order valence-electron chi connectivity index (χ0n) is 17.1. The second-order valence-corrected chi connectivity index (χ2v) is 7.82. The van der Waals surface area contributed by atoms with Crippen molar-refractivity contribution in [3.8, 4) is 5.75 Å². The fraction of sp³-hybridized carbons (Fsp3) is 0.455. The summed E-state index contributed by atoms with van der Waals surface area (Å²) in [7, 11) is 0. The van der Waals surface area contributed by atoms with Crippen LogP contribution in [0.25, 0.3) is 0 Å². The highest BCUT2D eigenvalue weighted by Crippen LogP contribution is 2.30. The summed E-state index contributed by atoms with van der Waals surface area (Å²) >= 11 is 1.67. The lowest BCUT2D eigenvalue weighted by molar-refractivity contribution is -0.245. The molecule has 2 aromatic carbocycles. The van der Waals surface area contributed by atoms with Crippen LogP contribution < -0.4 is 4.74 Å². The SMILES string of the molecule is CCOC(CCc1ccc(C(F)(F)F)cc1)CSc1ccc(OCCOO)c(C)c1. The summed E-state index contributed by atoms with van der Waals surface area (Å²) in [4.78, 5) is 5.08. The number of aryl methyl sites for hydroxylation is 2. The Morgan fingerprint density at radius 1 is 1.07 bits per heavy atom. The first-order valence-corrected chi connectivity index (χ1v) is 10.7. The molecule has 2 rings (SSSR count). The van der Waals surface area contributed by atoms with E-state index < -0.39 is 11.7 Å². The molecule has 0 bridgehead atoms. The van der Waals surface area contributed by atoms with Crippen molar-refractivity contribution in [1.29, 1.82) is 0 Å². The van der Waals surface area contributed by atoms with Gasteiger partial charge < -0.3 is 9.47 Å². The fourth-order valence-electron chi connectivity index (χ4n) is 2.89. The third-order valence-electron chi connectivity index (χ3n) is 4.45. The number of benzene rings is 2. The van der Waals surface area contributed by atoms with Gasteiger partial charge in [0.2, 0.25) is 0 Å². The molecule has 0 spiro atoms. The lowest BCUT2D eigenvalue weighted by Gasteiger charge is -2.17. The molecule has 0 heterocycles. The van der Waals surface area contributed by atoms with Gasteiger partial charge in [-0.2, -0.15) is 13.2 Å². The van der Waals surface area contributed by atoms with Crippen molar-refractivity contribution in [3.63, 3.8) is 0 Å². The number of thioether (sulfide) groups is 1. The number of halogens is 3. The Balaban J connectivity index is 1.87. The van der Waals surface area contributed by atoms with Gasteiger partial charge in [0.1, 0.15) is 19.0 Å². The van der Waals surface area contributed by atoms with Crippen LogP contribution in [0.5, 0.6) is 5.75 Å². The molecule has 1 N–H and O–H groups in total. The maximum Gasteiger partial charge on any atom is 0.416 e. The van der Waals surface area contributed by atoms with E-state index in [2.05, 4.69) is 4.89 Å². The van der Waals surface area contributed by atoms with Crippen LogP contribution >= 0.6 is 11.8 Å². The predicted octanol–water partition coefficient (Wildman–Crippen LogP) is 6.01. The lowest BCUT2D eigenvalue weighted by Crippen LogP contribution is -2.17. The largest absolute Gasteiger partial charge is 0.491 e. The van der Waals surface area contributed by atoms with Crippen LogP contribution in [-0.2, 0) is 22.2 Å². The first-order valence-electron chi connectivity index (χ1n) is 9.73. The average Bonchev–Trinajstić information content (AvgIpc) is 2.71. The third-order valence-corrected chi connectivity index (χ3v) is 5.58. The summed E-state index contributed by atoms with van der Waals surface area (Å²) in [5.41, 5.74) is 1.22. The summed E-state index contributed by atoms with van der Waals surface area (Å²) in [6, 6.07) is 11.2. The van der Waals surface area contributed by atoms with E-state index in [1.54, 1.807) is 11.8 Å². The van der Waals surface area contributed by atoms with E-state index in [-0.39, 0.29) is 19.3 Å². The molecular weight excluding hydrogens is 417 g/mol. The van der Waals surface area contributed by atoms with Crippen LogP contribution in [-0.4, -0.2) is 36.9 Å². The number of hydrogen-bond acceptors (Lipinski definition) is 5. The average molecular weight is 445 g/mol. The van der Waals surface area contributed by atoms with Crippen LogP contribution in [0.4, 0.5) is 13.2 Å². The third kappa shape index (κ3) is 8.18. The van der Waals surface area contributed by atoms with Gasteiger partial charge in [-0.3, -0.25) is 5.26 Å². The van der Waals surface area contributed by atoms with Gasteiger partial charge in [-0.1, -0.05) is 12.1 Å². The Morgan fingerprint density at radius 3 is 2.40 bits per heavy atom. The molecule has 30 heavy (non-hydrogen) atoms. The fourth-order valence-corrected chi connectivity index (χ4v) is 3.96. The molecule has 0 fully saturated rings. The van der Waals surface area contributed by atoms with Crippen molar-refractivity contribution in [2.75, 3.05) is 25.6 Å². The van der Waals surface area contributed by atoms with Gasteiger partial charge in [-0.05, 0) is 68.1 Å². The van der Waals surface area contributed by atoms with Gasteiger partial charge in [0.25, 0.3) is 0 Å². The Morgan fingerprint density at radius 2 is 1.80 bits per heavy atom. The molecule has 166 valence electrons. The van der Waals surface area contributed by atoms with Crippen molar-refractivity contribution in [3.05, 3.63) is 59.2 Å². The number of alkyl halides is 3. The molecule has 0 amide bonds. The van der Waals surface area contributed by atoms with E-state index >= 15 is 0 Å². The van der Waals surface area contributed by atoms with E-state index in [0.717, 1.165) is 46.1 Å². The maximum absolute atomic E-state index is 12.7. The summed E-state index contributed by atoms with van der Waals surface area (Å²) < 4.78 is 49.4. The van der Waals surface area contributed by atoms with E-state index in [1.165, 1.54) is 12.1 Å². The second kappa shape index (κ2) is 12.2. The van der Waals surface area contributed by atoms with Crippen molar-refractivity contribution in [2.24, 2.45) is 0 Å². The topological polar surface area (TPSA) is 47.9 Å². The number of rotatable bonds is 12. The van der Waals surface area contributed by atoms with Crippen LogP contribution in [0.3, 0.4) is 0 Å². The smallest absolute Gasteiger partial charge is 0.416 e. The predicted molar refractivity (Wildman–Crippen MR) is 111 cm³/mol. The molecular formula is C22H27F3O4S. The minimum atomic E-state index is -4.31. The summed E-state index contributed by atoms with van der Waals surface area (Å²) in [6.07, 6.45) is -2.93. The van der Waals surface area contributed by atoms with Gasteiger partial charge in [0.15, 0.2) is 0 Å². The Labute approximate surface area is 179 Å². The minimum absolute atomic E-state index is 0.000211. The maximum atomic E-state index is 12.7. The molecule has 0 aliphatic rings. The molecule has 0 aliphatic heterocycles. The molecule has 1 unspecified atom stereocenters. The van der Waals surface area contributed by atoms with Crippen LogP contribution in [0.2, 0.25) is 0 Å². The van der Waals surface area contributed by atoms with Gasteiger partial charge >= 0.3 is 6.18 Å². The first-order chi connectivity index (χ1) is 14.3. The molecule has 1 atom stereocenters. The monoisotopic (exact) mass is 444 g/mol. The molecule has 8 heteroatoms. The molecule has 4 nitrogen and oxygen atoms in total. The number of ether oxygens (including phenoxy) is 2. The molecule has 2 aromatic rings. The van der Waals surface area contributed by atoms with Gasteiger partial charge in [-0.25, -0.2) is 4.89 Å². The summed E-state index contributed by atoms with van der Waals surface area (Å²) in [5.74, 6) is 1.48. The van der Waals surface area contributed by atoms with E-state index in [9.17, 15) is 13.2 Å². The van der Waals surface area contributed by atoms with Crippen molar-refractivity contribution in [1.82, 2.24) is 0 Å². The zero-order chi connectivity index (χ0) is 22.0. The molecule has 0 saturated carbocycles. The van der Waals surface area contributed by atoms with E-state index in [1.807, 2.05) is 32.0 Å². The van der Waals surface area contributed by atoms with E-state index in [4.69, 9.17) is 14.7 Å². The molecule has 0 aromatic heterocycles. The highest BCUT2D eigenvalue weighted by molar-refractivity contribution is 7.99. The summed E-state index contributed by atoms with van der Waals surface area (Å²) in [5, 5.41) is 8.34. The van der Waals surface area contributed by atoms with Crippen molar-refractivity contribution >= 4 is 11.8 Å². The van der Waals surface area contributed by atoms with E-state index in [0.29, 0.717) is 13.0 Å². The first kappa shape index (κ1) is 24.5. The zero-order valence-corrected chi connectivity index (χ0v) is 17.9. The van der Waals surface area contributed by atoms with Gasteiger partial charge in [0.05, 0.1) is 11.7 Å². The Kier molecular flexibility index (Phi) is 9.97. The van der Waals surface area contributed by atoms with Gasteiger partial charge in [0, 0.05) is 17.3 Å². The van der Waals surface area contributed by atoms with Crippen molar-refractivity contribution in [2.45, 2.75) is 43.9 Å². The van der Waals surface area contributed by atoms with Gasteiger partial charge in [-0.15, -0.1) is 11.8 Å². The minimum Gasteiger partial charge on any atom is -0.491 e. The number of hydrogen-bond donors (Lipinski definition) is 1. The van der Waals surface area contributed by atoms with Crippen LogP contribution in [0.1, 0.15) is 30.0 Å². The van der Waals surface area contributed by atoms with Crippen molar-refractivity contribution < 1.29 is 32.8 Å². The standard InChI is InChI=1S/C22H27F3O4S/c1-3-27-19(9-6-17-4-7-18(8-5-17)22(23,24)25)15-30-20-10-11-21(16(2)14-20)28-12-13-29-26/h4-5,7-8,10-11,14,19,26H,3,6,9,12-13,15H2,1-2H3. The Hall–Kier alpha value is -1.74. The highest BCUT2D eigenvalue weighted by Gasteiger charge is 2.29. The highest BCUT2D eigenvalue weighted by atomic mass is 32.2. The quantitative estimate of drug-likeness (QED) is 0.188. The normalized spacial score (nSPS) is 12.7. The molecule has 0 aliphatic carbocycles. The van der Waals surface area contributed by atoms with Crippen LogP contribution in [0, 0.1) is 6.92 Å². The second-order valence-electron chi connectivity index (χ2n) is 6.73. The summed E-state index contributed by atoms with van der Waals surface area (Å²) in [6.45, 7) is 4.83. The lowest BCUT2D eigenvalue weighted by atomic mass is 10.1. The molecule has 0 saturated heterocycles.